The minimum absolute atomic E-state index is 0.0224. The summed E-state index contributed by atoms with van der Waals surface area (Å²) in [5, 5.41) is 6.14. The van der Waals surface area contributed by atoms with Gasteiger partial charge in [-0.25, -0.2) is 17.8 Å². The third kappa shape index (κ3) is 7.80. The number of hydrogen-bond donors (Lipinski definition) is 3. The monoisotopic (exact) mass is 824 g/mol. The van der Waals surface area contributed by atoms with Gasteiger partial charge < -0.3 is 29.4 Å². The molecule has 3 aliphatic rings. The lowest BCUT2D eigenvalue weighted by Crippen LogP contribution is -2.58. The van der Waals surface area contributed by atoms with Crippen molar-refractivity contribution in [2.75, 3.05) is 19.0 Å². The summed E-state index contributed by atoms with van der Waals surface area (Å²) < 4.78 is 59.9. The number of hydrogen-bond acceptors (Lipinski definition) is 11. The number of fused-ring (bicyclic) bond motifs is 3. The first-order valence-electron chi connectivity index (χ1n) is 19.4. The summed E-state index contributed by atoms with van der Waals surface area (Å²) in [7, 11) is -2.35. The number of aromatic nitrogens is 2. The van der Waals surface area contributed by atoms with E-state index in [4.69, 9.17) is 23.9 Å². The summed E-state index contributed by atoms with van der Waals surface area (Å²) in [6.07, 6.45) is 1.69. The molecule has 16 heteroatoms. The first-order valence-corrected chi connectivity index (χ1v) is 21.0. The number of halogens is 1. The van der Waals surface area contributed by atoms with E-state index in [-0.39, 0.29) is 30.8 Å². The molecule has 8 rings (SSSR count). The van der Waals surface area contributed by atoms with Gasteiger partial charge in [-0.05, 0) is 85.3 Å². The maximum Gasteiger partial charge on any atom is 0.262 e. The molecule has 3 N–H and O–H groups in total. The van der Waals surface area contributed by atoms with Crippen LogP contribution in [0.15, 0.2) is 89.9 Å². The van der Waals surface area contributed by atoms with Crippen LogP contribution in [-0.4, -0.2) is 83.6 Å². The van der Waals surface area contributed by atoms with E-state index in [0.29, 0.717) is 46.8 Å². The lowest BCUT2D eigenvalue weighted by atomic mass is 9.85. The molecule has 3 aromatic carbocycles. The zero-order chi connectivity index (χ0) is 41.9. The lowest BCUT2D eigenvalue weighted by molar-refractivity contribution is -0.141. The zero-order valence-electron chi connectivity index (χ0n) is 33.0. The Balaban J connectivity index is 1.15. The highest BCUT2D eigenvalue weighted by Gasteiger charge is 2.62. The van der Waals surface area contributed by atoms with Crippen LogP contribution in [-0.2, 0) is 24.4 Å². The van der Waals surface area contributed by atoms with Crippen LogP contribution >= 0.6 is 0 Å². The summed E-state index contributed by atoms with van der Waals surface area (Å²) in [6, 6.07) is 18.1. The third-order valence-electron chi connectivity index (χ3n) is 11.2. The van der Waals surface area contributed by atoms with Crippen LogP contribution in [0.2, 0.25) is 0 Å². The number of carbonyl (C=O) groups is 3. The maximum atomic E-state index is 14.8. The molecule has 1 saturated heterocycles. The van der Waals surface area contributed by atoms with Crippen molar-refractivity contribution in [2.45, 2.75) is 75.4 Å². The van der Waals surface area contributed by atoms with E-state index >= 15 is 0 Å². The first kappa shape index (κ1) is 39.8. The molecular formula is C43H45FN6O8S. The molecule has 1 aliphatic heterocycles. The number of benzene rings is 3. The normalized spacial score (nSPS) is 22.1. The number of sulfonamides is 1. The van der Waals surface area contributed by atoms with E-state index in [9.17, 15) is 27.2 Å². The molecule has 0 bridgehead atoms. The van der Waals surface area contributed by atoms with E-state index < -0.39 is 73.9 Å². The second kappa shape index (κ2) is 15.0. The number of likely N-dealkylation sites (tertiary alicyclic amines) is 1. The Labute approximate surface area is 340 Å². The smallest absolute Gasteiger partial charge is 0.262 e. The highest BCUT2D eigenvalue weighted by atomic mass is 32.2. The van der Waals surface area contributed by atoms with Crippen molar-refractivity contribution in [1.29, 1.82) is 0 Å². The minimum atomic E-state index is -3.93. The molecule has 3 heterocycles. The van der Waals surface area contributed by atoms with Crippen LogP contribution in [0.4, 0.5) is 10.1 Å². The molecule has 2 saturated carbocycles. The summed E-state index contributed by atoms with van der Waals surface area (Å²) >= 11 is 0. The number of amides is 3. The molecule has 2 aliphatic carbocycles. The van der Waals surface area contributed by atoms with Gasteiger partial charge in [0.05, 0.1) is 18.9 Å². The van der Waals surface area contributed by atoms with Crippen LogP contribution < -0.4 is 24.8 Å². The number of para-hydroxylation sites is 1. The summed E-state index contributed by atoms with van der Waals surface area (Å²) in [4.78, 5) is 54.1. The fourth-order valence-electron chi connectivity index (χ4n) is 7.59. The van der Waals surface area contributed by atoms with Crippen LogP contribution in [0.5, 0.6) is 11.6 Å². The van der Waals surface area contributed by atoms with E-state index in [1.54, 1.807) is 25.3 Å². The van der Waals surface area contributed by atoms with Crippen molar-refractivity contribution in [3.63, 3.8) is 0 Å². The SMILES string of the molecule is C=C[C@@H]1C[C@]1(NC(=O)[C@@H]1C[C@@H](Oc2nc(-c3ccc(OC)cc3)nc3c2oc2ccccc23)CN1C(=O)[C@@H](Nc1ccc(F)cc1)C(C)(C)C)C(=O)NS(=O)(=O)C1CC1. The molecule has 3 amide bonds. The average molecular weight is 825 g/mol. The van der Waals surface area contributed by atoms with E-state index in [1.807, 2.05) is 51.1 Å². The number of furan rings is 1. The average Bonchev–Trinajstić information content (AvgIpc) is 4.12. The van der Waals surface area contributed by atoms with Crippen LogP contribution in [0.3, 0.4) is 0 Å². The highest BCUT2D eigenvalue weighted by Crippen LogP contribution is 2.46. The van der Waals surface area contributed by atoms with E-state index in [0.717, 1.165) is 5.39 Å². The molecule has 308 valence electrons. The minimum Gasteiger partial charge on any atom is -0.497 e. The molecular weight excluding hydrogens is 780 g/mol. The number of ether oxygens (including phenoxy) is 2. The van der Waals surface area contributed by atoms with Gasteiger partial charge in [0.15, 0.2) is 5.82 Å². The van der Waals surface area contributed by atoms with Crippen LogP contribution in [0, 0.1) is 17.2 Å². The van der Waals surface area contributed by atoms with Gasteiger partial charge in [0.1, 0.15) is 46.4 Å². The molecule has 14 nitrogen and oxygen atoms in total. The van der Waals surface area contributed by atoms with E-state index in [1.165, 1.54) is 35.2 Å². The van der Waals surface area contributed by atoms with Gasteiger partial charge in [-0.3, -0.25) is 19.1 Å². The lowest BCUT2D eigenvalue weighted by Gasteiger charge is -2.36. The van der Waals surface area contributed by atoms with Gasteiger partial charge in [-0.15, -0.1) is 6.58 Å². The topological polar surface area (TPSA) is 182 Å². The zero-order valence-corrected chi connectivity index (χ0v) is 33.8. The molecule has 0 unspecified atom stereocenters. The number of anilines is 1. The Bertz CT molecular complexity index is 2570. The van der Waals surface area contributed by atoms with Gasteiger partial charge in [-0.2, -0.15) is 4.98 Å². The predicted octanol–water partition coefficient (Wildman–Crippen LogP) is 5.74. The predicted molar refractivity (Wildman–Crippen MR) is 218 cm³/mol. The summed E-state index contributed by atoms with van der Waals surface area (Å²) in [5.74, 6) is -1.86. The maximum absolute atomic E-state index is 14.8. The Morgan fingerprint density at radius 3 is 2.39 bits per heavy atom. The van der Waals surface area contributed by atoms with Crippen LogP contribution in [0.1, 0.15) is 46.5 Å². The number of nitrogens with one attached hydrogen (secondary N) is 3. The Morgan fingerprint density at radius 2 is 1.75 bits per heavy atom. The van der Waals surface area contributed by atoms with Crippen molar-refractivity contribution in [3.05, 3.63) is 91.3 Å². The molecule has 0 spiro atoms. The molecule has 59 heavy (non-hydrogen) atoms. The molecule has 5 atom stereocenters. The standard InChI is InChI=1S/C43H45FN6O8S/c1-6-25-22-43(25,41(53)49-59(54,55)30-19-20-30)48-38(51)32-21-29(23-50(32)40(52)36(42(2,3)4)45-27-15-13-26(44)14-16-27)57-39-35-34(31-9-7-8-10-33(31)58-35)46-37(47-39)24-11-17-28(56-5)18-12-24/h6-18,25,29-30,32,36,45H,1,19-23H2,2-5H3,(H,48,51)(H,49,53)/t25-,29-,32+,36-,43-/m1/s1. The van der Waals surface area contributed by atoms with Crippen molar-refractivity contribution in [2.24, 2.45) is 11.3 Å². The Hall–Kier alpha value is -6.03. The van der Waals surface area contributed by atoms with Gasteiger partial charge in [0.25, 0.3) is 11.8 Å². The van der Waals surface area contributed by atoms with E-state index in [2.05, 4.69) is 21.9 Å². The Kier molecular flexibility index (Phi) is 10.1. The number of nitrogens with zero attached hydrogens (tertiary/aromatic N) is 3. The number of methoxy groups -OCH3 is 1. The van der Waals surface area contributed by atoms with Crippen molar-refractivity contribution in [3.8, 4) is 23.0 Å². The van der Waals surface area contributed by atoms with Crippen molar-refractivity contribution >= 4 is 55.5 Å². The van der Waals surface area contributed by atoms with Crippen molar-refractivity contribution in [1.82, 2.24) is 24.9 Å². The highest BCUT2D eigenvalue weighted by molar-refractivity contribution is 7.91. The Morgan fingerprint density at radius 1 is 1.03 bits per heavy atom. The first-order chi connectivity index (χ1) is 28.1. The van der Waals surface area contributed by atoms with Crippen LogP contribution in [0.25, 0.3) is 33.5 Å². The number of carbonyl (C=O) groups excluding carboxylic acids is 3. The second-order valence-electron chi connectivity index (χ2n) is 16.5. The third-order valence-corrected chi connectivity index (χ3v) is 13.0. The molecule has 5 aromatic rings. The van der Waals surface area contributed by atoms with Crippen molar-refractivity contribution < 1.29 is 41.1 Å². The quantitative estimate of drug-likeness (QED) is 0.123. The van der Waals surface area contributed by atoms with Gasteiger partial charge >= 0.3 is 0 Å². The fourth-order valence-corrected chi connectivity index (χ4v) is 8.96. The van der Waals surface area contributed by atoms with Gasteiger partial charge in [-0.1, -0.05) is 39.0 Å². The summed E-state index contributed by atoms with van der Waals surface area (Å²) in [5.41, 5.74) is 0.217. The summed E-state index contributed by atoms with van der Waals surface area (Å²) in [6.45, 7) is 9.32. The molecule has 0 radical (unpaired) electrons. The second-order valence-corrected chi connectivity index (χ2v) is 18.4. The number of rotatable bonds is 13. The molecule has 2 aromatic heterocycles. The fraction of sp³-hybridized carbons (Fsp3) is 0.372. The van der Waals surface area contributed by atoms with Gasteiger partial charge in [0.2, 0.25) is 27.4 Å². The largest absolute Gasteiger partial charge is 0.497 e. The molecule has 3 fully saturated rings. The van der Waals surface area contributed by atoms with Gasteiger partial charge in [0, 0.05) is 29.0 Å².